The number of hydrogen-bond donors (Lipinski definition) is 2. The minimum atomic E-state index is -0.315. The van der Waals surface area contributed by atoms with E-state index in [1.165, 1.54) is 0 Å². The number of carbonyl (C=O) groups is 1. The summed E-state index contributed by atoms with van der Waals surface area (Å²) in [5.74, 6) is -0.0420. The first kappa shape index (κ1) is 14.4. The van der Waals surface area contributed by atoms with Crippen molar-refractivity contribution in [2.45, 2.75) is 19.9 Å². The van der Waals surface area contributed by atoms with Gasteiger partial charge in [0.15, 0.2) is 0 Å². The number of nitrogens with one attached hydrogen (secondary N) is 1. The summed E-state index contributed by atoms with van der Waals surface area (Å²) in [6.07, 6.45) is 1.63. The lowest BCUT2D eigenvalue weighted by atomic mass is 10.0. The van der Waals surface area contributed by atoms with Crippen LogP contribution in [0.2, 0.25) is 0 Å². The summed E-state index contributed by atoms with van der Waals surface area (Å²) in [5, 5.41) is 3.71. The van der Waals surface area contributed by atoms with Gasteiger partial charge in [-0.3, -0.25) is 9.78 Å². The molecule has 1 heterocycles. The third-order valence-corrected chi connectivity index (χ3v) is 3.41. The van der Waals surface area contributed by atoms with Gasteiger partial charge in [-0.1, -0.05) is 44.3 Å². The van der Waals surface area contributed by atoms with E-state index in [-0.39, 0.29) is 17.9 Å². The molecule has 1 aromatic carbocycles. The monoisotopic (exact) mass is 287 g/mol. The largest absolute Gasteiger partial charge is 0.392 e. The number of nitrogens with zero attached hydrogens (tertiary/aromatic N) is 1. The van der Waals surface area contributed by atoms with Gasteiger partial charge in [-0.25, -0.2) is 0 Å². The summed E-state index contributed by atoms with van der Waals surface area (Å²) < 4.78 is 0. The zero-order valence-electron chi connectivity index (χ0n) is 11.5. The van der Waals surface area contributed by atoms with Crippen LogP contribution in [0.1, 0.15) is 24.2 Å². The summed E-state index contributed by atoms with van der Waals surface area (Å²) >= 11 is 5.01. The van der Waals surface area contributed by atoms with E-state index in [4.69, 9.17) is 18.0 Å². The molecular weight excluding hydrogens is 270 g/mol. The van der Waals surface area contributed by atoms with Crippen LogP contribution in [0.15, 0.2) is 36.5 Å². The van der Waals surface area contributed by atoms with Crippen LogP contribution in [0, 0.1) is 5.92 Å². The normalized spacial score (nSPS) is 12.3. The number of carbonyl (C=O) groups excluding carboxylic acids is 1. The minimum absolute atomic E-state index is 0.143. The number of hydrogen-bond acceptors (Lipinski definition) is 3. The van der Waals surface area contributed by atoms with E-state index in [2.05, 4.69) is 10.3 Å². The van der Waals surface area contributed by atoms with Gasteiger partial charge in [0, 0.05) is 11.6 Å². The fourth-order valence-corrected chi connectivity index (χ4v) is 2.41. The zero-order chi connectivity index (χ0) is 14.7. The van der Waals surface area contributed by atoms with E-state index in [1.807, 2.05) is 38.1 Å². The van der Waals surface area contributed by atoms with Crippen LogP contribution in [-0.2, 0) is 0 Å². The van der Waals surface area contributed by atoms with Crippen LogP contribution in [-0.4, -0.2) is 21.9 Å². The van der Waals surface area contributed by atoms with Crippen molar-refractivity contribution in [2.24, 2.45) is 11.7 Å². The molecule has 2 rings (SSSR count). The van der Waals surface area contributed by atoms with Crippen molar-refractivity contribution < 1.29 is 4.79 Å². The average Bonchev–Trinajstić information content (AvgIpc) is 2.43. The van der Waals surface area contributed by atoms with Gasteiger partial charge < -0.3 is 11.1 Å². The summed E-state index contributed by atoms with van der Waals surface area (Å²) in [6, 6.07) is 8.91. The molecule has 0 aliphatic rings. The Kier molecular flexibility index (Phi) is 4.29. The van der Waals surface area contributed by atoms with Crippen molar-refractivity contribution in [1.29, 1.82) is 0 Å². The second-order valence-corrected chi connectivity index (χ2v) is 5.44. The van der Waals surface area contributed by atoms with Crippen molar-refractivity contribution in [3.63, 3.8) is 0 Å². The van der Waals surface area contributed by atoms with E-state index < -0.39 is 0 Å². The first-order valence-corrected chi connectivity index (χ1v) is 6.85. The second kappa shape index (κ2) is 5.96. The molecule has 1 amide bonds. The highest BCUT2D eigenvalue weighted by Crippen LogP contribution is 2.16. The molecule has 5 heteroatoms. The number of para-hydroxylation sites is 1. The van der Waals surface area contributed by atoms with Gasteiger partial charge in [0.25, 0.3) is 5.91 Å². The molecule has 0 saturated heterocycles. The maximum atomic E-state index is 12.4. The zero-order valence-corrected chi connectivity index (χ0v) is 12.3. The number of rotatable bonds is 4. The summed E-state index contributed by atoms with van der Waals surface area (Å²) in [6.45, 7) is 3.93. The maximum absolute atomic E-state index is 12.4. The van der Waals surface area contributed by atoms with Gasteiger partial charge in [-0.05, 0) is 18.1 Å². The van der Waals surface area contributed by atoms with Gasteiger partial charge in [-0.2, -0.15) is 0 Å². The fourth-order valence-electron chi connectivity index (χ4n) is 2.08. The van der Waals surface area contributed by atoms with Gasteiger partial charge in [0.05, 0.1) is 22.1 Å². The Hall–Kier alpha value is -2.01. The highest BCUT2D eigenvalue weighted by Gasteiger charge is 2.20. The molecule has 0 fully saturated rings. The first-order chi connectivity index (χ1) is 9.50. The molecular formula is C15H17N3OS. The molecule has 1 unspecified atom stereocenters. The summed E-state index contributed by atoms with van der Waals surface area (Å²) in [7, 11) is 0. The lowest BCUT2D eigenvalue weighted by Gasteiger charge is -2.21. The van der Waals surface area contributed by atoms with E-state index in [0.717, 1.165) is 10.9 Å². The van der Waals surface area contributed by atoms with Crippen LogP contribution >= 0.6 is 12.2 Å². The Balaban J connectivity index is 2.34. The third-order valence-electron chi connectivity index (χ3n) is 3.15. The molecule has 1 aromatic heterocycles. The van der Waals surface area contributed by atoms with Crippen LogP contribution in [0.5, 0.6) is 0 Å². The summed E-state index contributed by atoms with van der Waals surface area (Å²) in [4.78, 5) is 17.0. The topological polar surface area (TPSA) is 68.0 Å². The predicted molar refractivity (Wildman–Crippen MR) is 84.6 cm³/mol. The van der Waals surface area contributed by atoms with E-state index in [9.17, 15) is 4.79 Å². The molecule has 0 aliphatic carbocycles. The van der Waals surface area contributed by atoms with Crippen molar-refractivity contribution in [2.75, 3.05) is 0 Å². The standard InChI is InChI=1S/C15H17N3OS/c1-9(2)13(14(16)20)18-15(19)11-7-8-17-12-6-4-3-5-10(11)12/h3-9,13H,1-2H3,(H2,16,20)(H,18,19). The maximum Gasteiger partial charge on any atom is 0.252 e. The number of nitrogens with two attached hydrogens (primary N) is 1. The minimum Gasteiger partial charge on any atom is -0.392 e. The van der Waals surface area contributed by atoms with Crippen molar-refractivity contribution >= 4 is 34.0 Å². The van der Waals surface area contributed by atoms with Gasteiger partial charge in [-0.15, -0.1) is 0 Å². The Morgan fingerprint density at radius 1 is 1.30 bits per heavy atom. The molecule has 0 spiro atoms. The van der Waals surface area contributed by atoms with Gasteiger partial charge in [0.1, 0.15) is 0 Å². The molecule has 104 valence electrons. The molecule has 2 aromatic rings. The second-order valence-electron chi connectivity index (χ2n) is 4.97. The molecule has 4 nitrogen and oxygen atoms in total. The smallest absolute Gasteiger partial charge is 0.252 e. The highest BCUT2D eigenvalue weighted by molar-refractivity contribution is 7.80. The van der Waals surface area contributed by atoms with Gasteiger partial charge >= 0.3 is 0 Å². The predicted octanol–water partition coefficient (Wildman–Crippen LogP) is 2.28. The number of aromatic nitrogens is 1. The van der Waals surface area contributed by atoms with Gasteiger partial charge in [0.2, 0.25) is 0 Å². The number of benzene rings is 1. The molecule has 0 saturated carbocycles. The van der Waals surface area contributed by atoms with Crippen LogP contribution in [0.4, 0.5) is 0 Å². The van der Waals surface area contributed by atoms with Crippen LogP contribution in [0.3, 0.4) is 0 Å². The average molecular weight is 287 g/mol. The Morgan fingerprint density at radius 2 is 2.00 bits per heavy atom. The number of amides is 1. The van der Waals surface area contributed by atoms with Crippen LogP contribution < -0.4 is 11.1 Å². The third kappa shape index (κ3) is 2.93. The van der Waals surface area contributed by atoms with Crippen molar-refractivity contribution in [3.8, 4) is 0 Å². The molecule has 0 bridgehead atoms. The van der Waals surface area contributed by atoms with Crippen molar-refractivity contribution in [3.05, 3.63) is 42.1 Å². The van der Waals surface area contributed by atoms with E-state index in [0.29, 0.717) is 10.6 Å². The quantitative estimate of drug-likeness (QED) is 0.847. The van der Waals surface area contributed by atoms with E-state index in [1.54, 1.807) is 12.3 Å². The number of pyridine rings is 1. The lowest BCUT2D eigenvalue weighted by molar-refractivity contribution is 0.0941. The van der Waals surface area contributed by atoms with Crippen LogP contribution in [0.25, 0.3) is 10.9 Å². The molecule has 1 atom stereocenters. The van der Waals surface area contributed by atoms with E-state index >= 15 is 0 Å². The SMILES string of the molecule is CC(C)C(NC(=O)c1ccnc2ccccc12)C(N)=S. The Morgan fingerprint density at radius 3 is 2.65 bits per heavy atom. The van der Waals surface area contributed by atoms with Crippen molar-refractivity contribution in [1.82, 2.24) is 10.3 Å². The molecule has 3 N–H and O–H groups in total. The highest BCUT2D eigenvalue weighted by atomic mass is 32.1. The Bertz CT molecular complexity index is 649. The summed E-state index contributed by atoms with van der Waals surface area (Å²) in [5.41, 5.74) is 7.05. The number of thiocarbonyl (C=S) groups is 1. The molecule has 20 heavy (non-hydrogen) atoms. The number of fused-ring (bicyclic) bond motifs is 1. The molecule has 0 aliphatic heterocycles. The molecule has 0 radical (unpaired) electrons. The Labute approximate surface area is 123 Å². The lowest BCUT2D eigenvalue weighted by Crippen LogP contribution is -2.46. The first-order valence-electron chi connectivity index (χ1n) is 6.44. The fraction of sp³-hybridized carbons (Fsp3) is 0.267.